The van der Waals surface area contributed by atoms with Crippen molar-refractivity contribution in [1.29, 1.82) is 0 Å². The first-order valence-corrected chi connectivity index (χ1v) is 8.74. The number of hydrogen-bond donors (Lipinski definition) is 1. The Kier molecular flexibility index (Phi) is 5.47. The number of carbonyl (C=O) groups is 2. The first-order chi connectivity index (χ1) is 12.0. The molecule has 0 spiro atoms. The molecule has 8 heteroatoms. The van der Waals surface area contributed by atoms with Crippen molar-refractivity contribution in [3.8, 4) is 5.88 Å². The highest BCUT2D eigenvalue weighted by molar-refractivity contribution is 5.92. The SMILES string of the molecule is CC(=O)N1CCC(Oc2cc(C(=O)N3CCC[C@@H](O)C3)ncn2)CC1. The van der Waals surface area contributed by atoms with Crippen LogP contribution in [0.4, 0.5) is 0 Å². The fourth-order valence-electron chi connectivity index (χ4n) is 3.28. The maximum atomic E-state index is 12.5. The molecule has 2 aliphatic heterocycles. The highest BCUT2D eigenvalue weighted by Gasteiger charge is 2.25. The van der Waals surface area contributed by atoms with Crippen LogP contribution in [0.1, 0.15) is 43.1 Å². The molecule has 25 heavy (non-hydrogen) atoms. The number of amides is 2. The van der Waals surface area contributed by atoms with Gasteiger partial charge in [-0.1, -0.05) is 0 Å². The Morgan fingerprint density at radius 2 is 1.92 bits per heavy atom. The van der Waals surface area contributed by atoms with E-state index in [1.807, 2.05) is 0 Å². The summed E-state index contributed by atoms with van der Waals surface area (Å²) >= 11 is 0. The lowest BCUT2D eigenvalue weighted by Crippen LogP contribution is -2.42. The second-order valence-corrected chi connectivity index (χ2v) is 6.61. The Balaban J connectivity index is 1.60. The van der Waals surface area contributed by atoms with Gasteiger partial charge in [-0.05, 0) is 12.8 Å². The topological polar surface area (TPSA) is 95.9 Å². The molecular formula is C17H24N4O4. The molecule has 8 nitrogen and oxygen atoms in total. The zero-order chi connectivity index (χ0) is 17.8. The Labute approximate surface area is 146 Å². The quantitative estimate of drug-likeness (QED) is 0.853. The van der Waals surface area contributed by atoms with E-state index >= 15 is 0 Å². The zero-order valence-electron chi connectivity index (χ0n) is 14.4. The molecule has 0 radical (unpaired) electrons. The van der Waals surface area contributed by atoms with Gasteiger partial charge in [0.2, 0.25) is 11.8 Å². The molecule has 136 valence electrons. The van der Waals surface area contributed by atoms with E-state index in [1.54, 1.807) is 22.8 Å². The second-order valence-electron chi connectivity index (χ2n) is 6.61. The van der Waals surface area contributed by atoms with Gasteiger partial charge in [0, 0.05) is 52.0 Å². The number of aliphatic hydroxyl groups excluding tert-OH is 1. The van der Waals surface area contributed by atoms with Gasteiger partial charge in [-0.2, -0.15) is 0 Å². The number of likely N-dealkylation sites (tertiary alicyclic amines) is 2. The number of hydrogen-bond acceptors (Lipinski definition) is 6. The molecule has 1 aromatic heterocycles. The summed E-state index contributed by atoms with van der Waals surface area (Å²) in [5, 5.41) is 9.73. The second kappa shape index (κ2) is 7.77. The van der Waals surface area contributed by atoms with Gasteiger partial charge in [0.05, 0.1) is 6.10 Å². The molecule has 1 atom stereocenters. The summed E-state index contributed by atoms with van der Waals surface area (Å²) in [6.45, 7) is 3.87. The lowest BCUT2D eigenvalue weighted by molar-refractivity contribution is -0.130. The van der Waals surface area contributed by atoms with Gasteiger partial charge in [-0.15, -0.1) is 0 Å². The van der Waals surface area contributed by atoms with Crippen LogP contribution in [-0.4, -0.2) is 75.1 Å². The summed E-state index contributed by atoms with van der Waals surface area (Å²) in [6, 6.07) is 1.56. The standard InChI is InChI=1S/C17H24N4O4/c1-12(22)20-7-4-14(5-8-20)25-16-9-15(18-11-19-16)17(24)21-6-2-3-13(23)10-21/h9,11,13-14,23H,2-8,10H2,1H3/t13-/m1/s1. The minimum Gasteiger partial charge on any atom is -0.474 e. The molecule has 0 aromatic carbocycles. The summed E-state index contributed by atoms with van der Waals surface area (Å²) < 4.78 is 5.87. The number of aromatic nitrogens is 2. The van der Waals surface area contributed by atoms with Crippen molar-refractivity contribution in [1.82, 2.24) is 19.8 Å². The van der Waals surface area contributed by atoms with E-state index in [0.717, 1.165) is 25.7 Å². The van der Waals surface area contributed by atoms with Crippen molar-refractivity contribution in [3.63, 3.8) is 0 Å². The summed E-state index contributed by atoms with van der Waals surface area (Å²) in [6.07, 6.45) is 3.83. The number of β-amino-alcohol motifs (C(OH)–C–C–N with tert-alkyl or cyclic N) is 1. The van der Waals surface area contributed by atoms with Crippen molar-refractivity contribution >= 4 is 11.8 Å². The average Bonchev–Trinajstić information content (AvgIpc) is 2.62. The van der Waals surface area contributed by atoms with Gasteiger partial charge in [0.15, 0.2) is 0 Å². The van der Waals surface area contributed by atoms with E-state index in [1.165, 1.54) is 6.33 Å². The van der Waals surface area contributed by atoms with Crippen molar-refractivity contribution in [3.05, 3.63) is 18.1 Å². The smallest absolute Gasteiger partial charge is 0.272 e. The van der Waals surface area contributed by atoms with Crippen LogP contribution in [0.3, 0.4) is 0 Å². The third-order valence-corrected chi connectivity index (χ3v) is 4.72. The van der Waals surface area contributed by atoms with Gasteiger partial charge in [-0.25, -0.2) is 9.97 Å². The molecule has 2 saturated heterocycles. The highest BCUT2D eigenvalue weighted by atomic mass is 16.5. The summed E-state index contributed by atoms with van der Waals surface area (Å²) in [5.74, 6) is 0.242. The van der Waals surface area contributed by atoms with E-state index in [4.69, 9.17) is 4.74 Å². The van der Waals surface area contributed by atoms with Crippen molar-refractivity contribution in [2.24, 2.45) is 0 Å². The Bertz CT molecular complexity index is 631. The van der Waals surface area contributed by atoms with Crippen LogP contribution in [-0.2, 0) is 4.79 Å². The molecule has 0 unspecified atom stereocenters. The van der Waals surface area contributed by atoms with Gasteiger partial charge in [0.1, 0.15) is 18.1 Å². The van der Waals surface area contributed by atoms with E-state index < -0.39 is 6.10 Å². The molecule has 2 fully saturated rings. The fourth-order valence-corrected chi connectivity index (χ4v) is 3.28. The molecule has 0 bridgehead atoms. The molecule has 0 saturated carbocycles. The van der Waals surface area contributed by atoms with Crippen LogP contribution in [0.5, 0.6) is 5.88 Å². The predicted molar refractivity (Wildman–Crippen MR) is 89.1 cm³/mol. The lowest BCUT2D eigenvalue weighted by atomic mass is 10.1. The minimum atomic E-state index is -0.471. The number of nitrogens with zero attached hydrogens (tertiary/aromatic N) is 4. The van der Waals surface area contributed by atoms with Crippen LogP contribution in [0, 0.1) is 0 Å². The van der Waals surface area contributed by atoms with Gasteiger partial charge < -0.3 is 19.6 Å². The van der Waals surface area contributed by atoms with Crippen LogP contribution >= 0.6 is 0 Å². The number of aliphatic hydroxyl groups is 1. The molecule has 1 N–H and O–H groups in total. The molecular weight excluding hydrogens is 324 g/mol. The average molecular weight is 348 g/mol. The molecule has 1 aromatic rings. The van der Waals surface area contributed by atoms with Gasteiger partial charge >= 0.3 is 0 Å². The van der Waals surface area contributed by atoms with Gasteiger partial charge in [0.25, 0.3) is 5.91 Å². The normalized spacial score (nSPS) is 21.9. The minimum absolute atomic E-state index is 0.0229. The Morgan fingerprint density at radius 3 is 2.60 bits per heavy atom. The summed E-state index contributed by atoms with van der Waals surface area (Å²) in [7, 11) is 0. The number of carbonyl (C=O) groups excluding carboxylic acids is 2. The lowest BCUT2D eigenvalue weighted by Gasteiger charge is -2.31. The predicted octanol–water partition coefficient (Wildman–Crippen LogP) is 0.463. The maximum absolute atomic E-state index is 12.5. The third-order valence-electron chi connectivity index (χ3n) is 4.72. The molecule has 3 rings (SSSR count). The zero-order valence-corrected chi connectivity index (χ0v) is 14.4. The molecule has 3 heterocycles. The van der Waals surface area contributed by atoms with Crippen LogP contribution < -0.4 is 4.74 Å². The molecule has 2 aliphatic rings. The Hall–Kier alpha value is -2.22. The first kappa shape index (κ1) is 17.6. The monoisotopic (exact) mass is 348 g/mol. The van der Waals surface area contributed by atoms with Crippen molar-refractivity contribution in [2.75, 3.05) is 26.2 Å². The first-order valence-electron chi connectivity index (χ1n) is 8.74. The van der Waals surface area contributed by atoms with E-state index in [2.05, 4.69) is 9.97 Å². The van der Waals surface area contributed by atoms with E-state index in [-0.39, 0.29) is 23.6 Å². The number of piperidine rings is 2. The van der Waals surface area contributed by atoms with Crippen molar-refractivity contribution in [2.45, 2.75) is 44.8 Å². The van der Waals surface area contributed by atoms with E-state index in [9.17, 15) is 14.7 Å². The molecule has 2 amide bonds. The van der Waals surface area contributed by atoms with E-state index in [0.29, 0.717) is 32.1 Å². The van der Waals surface area contributed by atoms with Crippen molar-refractivity contribution < 1.29 is 19.4 Å². The number of ether oxygens (including phenoxy) is 1. The maximum Gasteiger partial charge on any atom is 0.272 e. The van der Waals surface area contributed by atoms with Gasteiger partial charge in [-0.3, -0.25) is 9.59 Å². The Morgan fingerprint density at radius 1 is 1.16 bits per heavy atom. The summed E-state index contributed by atoms with van der Waals surface area (Å²) in [4.78, 5) is 35.5. The number of rotatable bonds is 3. The van der Waals surface area contributed by atoms with Crippen LogP contribution in [0.25, 0.3) is 0 Å². The highest BCUT2D eigenvalue weighted by Crippen LogP contribution is 2.19. The molecule has 0 aliphatic carbocycles. The van der Waals surface area contributed by atoms with Crippen LogP contribution in [0.2, 0.25) is 0 Å². The largest absolute Gasteiger partial charge is 0.474 e. The third kappa shape index (κ3) is 4.45. The fraction of sp³-hybridized carbons (Fsp3) is 0.647. The van der Waals surface area contributed by atoms with Crippen LogP contribution in [0.15, 0.2) is 12.4 Å². The summed E-state index contributed by atoms with van der Waals surface area (Å²) in [5.41, 5.74) is 0.278.